The van der Waals surface area contributed by atoms with Crippen molar-refractivity contribution in [1.29, 1.82) is 0 Å². The van der Waals surface area contributed by atoms with Crippen LogP contribution in [0.5, 0.6) is 0 Å². The number of aromatic nitrogens is 1. The number of aldehydes is 1. The highest BCUT2D eigenvalue weighted by atomic mass is 16.1. The Morgan fingerprint density at radius 2 is 2.05 bits per heavy atom. The minimum atomic E-state index is 0.601. The Balaban J connectivity index is 1.82. The van der Waals surface area contributed by atoms with Crippen molar-refractivity contribution in [2.45, 2.75) is 70.6 Å². The first-order valence-corrected chi connectivity index (χ1v) is 8.22. The number of carbonyl (C=O) groups excluding carboxylic acids is 1. The van der Waals surface area contributed by atoms with Crippen LogP contribution in [0.3, 0.4) is 0 Å². The van der Waals surface area contributed by atoms with Gasteiger partial charge in [-0.1, -0.05) is 32.3 Å². The highest BCUT2D eigenvalue weighted by Crippen LogP contribution is 2.36. The van der Waals surface area contributed by atoms with Crippen LogP contribution in [-0.2, 0) is 11.2 Å². The fourth-order valence-corrected chi connectivity index (χ4v) is 3.29. The Kier molecular flexibility index (Phi) is 6.23. The van der Waals surface area contributed by atoms with Crippen LogP contribution in [0.2, 0.25) is 0 Å². The second-order valence-electron chi connectivity index (χ2n) is 6.16. The third kappa shape index (κ3) is 4.43. The highest BCUT2D eigenvalue weighted by molar-refractivity contribution is 5.49. The van der Waals surface area contributed by atoms with Crippen LogP contribution in [0.15, 0.2) is 18.3 Å². The summed E-state index contributed by atoms with van der Waals surface area (Å²) in [6, 6.07) is 4.33. The van der Waals surface area contributed by atoms with Gasteiger partial charge in [-0.3, -0.25) is 4.98 Å². The molecule has 1 heterocycles. The van der Waals surface area contributed by atoms with Crippen LogP contribution in [0.4, 0.5) is 0 Å². The standard InChI is InChI=1S/C18H27NO/c1-2-3-5-15-7-10-17(11-8-15)18-12-9-16(14-19-18)6-4-13-20/h9,12-15,17H,2-8,10-11H2,1H3. The van der Waals surface area contributed by atoms with E-state index in [1.807, 2.05) is 6.20 Å². The molecule has 0 aliphatic heterocycles. The minimum absolute atomic E-state index is 0.601. The molecule has 0 atom stereocenters. The monoisotopic (exact) mass is 273 g/mol. The Bertz CT molecular complexity index is 390. The van der Waals surface area contributed by atoms with Crippen molar-refractivity contribution in [2.24, 2.45) is 5.92 Å². The summed E-state index contributed by atoms with van der Waals surface area (Å²) in [4.78, 5) is 15.0. The maximum absolute atomic E-state index is 10.4. The van der Waals surface area contributed by atoms with E-state index in [0.717, 1.165) is 18.6 Å². The topological polar surface area (TPSA) is 30.0 Å². The summed E-state index contributed by atoms with van der Waals surface area (Å²) in [6.07, 6.45) is 13.8. The van der Waals surface area contributed by atoms with Gasteiger partial charge in [0.1, 0.15) is 6.29 Å². The van der Waals surface area contributed by atoms with Crippen molar-refractivity contribution < 1.29 is 4.79 Å². The maximum atomic E-state index is 10.4. The minimum Gasteiger partial charge on any atom is -0.303 e. The van der Waals surface area contributed by atoms with Gasteiger partial charge in [-0.05, 0) is 49.7 Å². The summed E-state index contributed by atoms with van der Waals surface area (Å²) in [5, 5.41) is 0. The highest BCUT2D eigenvalue weighted by Gasteiger charge is 2.22. The fourth-order valence-electron chi connectivity index (χ4n) is 3.29. The largest absolute Gasteiger partial charge is 0.303 e. The molecule has 1 aliphatic carbocycles. The molecule has 0 radical (unpaired) electrons. The molecular formula is C18H27NO. The summed E-state index contributed by atoms with van der Waals surface area (Å²) >= 11 is 0. The fraction of sp³-hybridized carbons (Fsp3) is 0.667. The van der Waals surface area contributed by atoms with E-state index in [-0.39, 0.29) is 0 Å². The molecule has 0 bridgehead atoms. The smallest absolute Gasteiger partial charge is 0.120 e. The molecule has 0 amide bonds. The normalized spacial score (nSPS) is 22.6. The van der Waals surface area contributed by atoms with Crippen molar-refractivity contribution in [3.8, 4) is 0 Å². The average Bonchev–Trinajstić information content (AvgIpc) is 2.52. The Labute approximate surface area is 123 Å². The lowest BCUT2D eigenvalue weighted by molar-refractivity contribution is -0.107. The molecular weight excluding hydrogens is 246 g/mol. The number of hydrogen-bond donors (Lipinski definition) is 0. The predicted octanol–water partition coefficient (Wildman–Crippen LogP) is 4.68. The summed E-state index contributed by atoms with van der Waals surface area (Å²) in [6.45, 7) is 2.28. The number of carbonyl (C=O) groups is 1. The van der Waals surface area contributed by atoms with E-state index in [1.165, 1.54) is 56.2 Å². The molecule has 0 aromatic carbocycles. The Morgan fingerprint density at radius 3 is 2.65 bits per heavy atom. The molecule has 1 aromatic heterocycles. The first-order chi connectivity index (χ1) is 9.83. The number of hydrogen-bond acceptors (Lipinski definition) is 2. The van der Waals surface area contributed by atoms with Gasteiger partial charge in [0.25, 0.3) is 0 Å². The van der Waals surface area contributed by atoms with Crippen molar-refractivity contribution in [3.05, 3.63) is 29.6 Å². The van der Waals surface area contributed by atoms with Gasteiger partial charge in [0.05, 0.1) is 0 Å². The zero-order valence-corrected chi connectivity index (χ0v) is 12.7. The summed E-state index contributed by atoms with van der Waals surface area (Å²) in [5.74, 6) is 1.62. The molecule has 0 spiro atoms. The van der Waals surface area contributed by atoms with Crippen LogP contribution in [-0.4, -0.2) is 11.3 Å². The third-order valence-corrected chi connectivity index (χ3v) is 4.63. The summed E-state index contributed by atoms with van der Waals surface area (Å²) < 4.78 is 0. The van der Waals surface area contributed by atoms with E-state index in [9.17, 15) is 4.79 Å². The molecule has 2 heteroatoms. The van der Waals surface area contributed by atoms with Crippen molar-refractivity contribution in [2.75, 3.05) is 0 Å². The second kappa shape index (κ2) is 8.18. The summed E-state index contributed by atoms with van der Waals surface area (Å²) in [7, 11) is 0. The quantitative estimate of drug-likeness (QED) is 0.675. The third-order valence-electron chi connectivity index (χ3n) is 4.63. The molecule has 1 fully saturated rings. The van der Waals surface area contributed by atoms with Crippen LogP contribution < -0.4 is 0 Å². The number of rotatable bonds is 7. The van der Waals surface area contributed by atoms with Gasteiger partial charge in [0, 0.05) is 24.2 Å². The van der Waals surface area contributed by atoms with E-state index >= 15 is 0 Å². The van der Waals surface area contributed by atoms with Crippen molar-refractivity contribution in [3.63, 3.8) is 0 Å². The van der Waals surface area contributed by atoms with Gasteiger partial charge < -0.3 is 4.79 Å². The van der Waals surface area contributed by atoms with E-state index < -0.39 is 0 Å². The van der Waals surface area contributed by atoms with Gasteiger partial charge in [-0.25, -0.2) is 0 Å². The molecule has 2 nitrogen and oxygen atoms in total. The number of pyridine rings is 1. The summed E-state index contributed by atoms with van der Waals surface area (Å²) in [5.41, 5.74) is 2.44. The van der Waals surface area contributed by atoms with Crippen molar-refractivity contribution in [1.82, 2.24) is 4.98 Å². The van der Waals surface area contributed by atoms with E-state index in [1.54, 1.807) is 0 Å². The molecule has 1 saturated carbocycles. The number of aryl methyl sites for hydroxylation is 1. The van der Waals surface area contributed by atoms with Crippen LogP contribution >= 0.6 is 0 Å². The molecule has 1 aromatic rings. The van der Waals surface area contributed by atoms with Gasteiger partial charge in [0.2, 0.25) is 0 Å². The lowest BCUT2D eigenvalue weighted by Gasteiger charge is -2.28. The zero-order chi connectivity index (χ0) is 14.2. The molecule has 0 saturated heterocycles. The number of unbranched alkanes of at least 4 members (excludes halogenated alkanes) is 1. The predicted molar refractivity (Wildman–Crippen MR) is 82.8 cm³/mol. The maximum Gasteiger partial charge on any atom is 0.120 e. The van der Waals surface area contributed by atoms with Crippen LogP contribution in [0.25, 0.3) is 0 Å². The van der Waals surface area contributed by atoms with E-state index in [0.29, 0.717) is 12.3 Å². The average molecular weight is 273 g/mol. The first kappa shape index (κ1) is 15.2. The van der Waals surface area contributed by atoms with Crippen molar-refractivity contribution >= 4 is 6.29 Å². The Hall–Kier alpha value is -1.18. The van der Waals surface area contributed by atoms with Gasteiger partial charge >= 0.3 is 0 Å². The van der Waals surface area contributed by atoms with Gasteiger partial charge in [-0.2, -0.15) is 0 Å². The SMILES string of the molecule is CCCCC1CCC(c2ccc(CCC=O)cn2)CC1. The first-order valence-electron chi connectivity index (χ1n) is 8.22. The zero-order valence-electron chi connectivity index (χ0n) is 12.7. The van der Waals surface area contributed by atoms with Gasteiger partial charge in [0.15, 0.2) is 0 Å². The van der Waals surface area contributed by atoms with Gasteiger partial charge in [-0.15, -0.1) is 0 Å². The molecule has 20 heavy (non-hydrogen) atoms. The molecule has 0 unspecified atom stereocenters. The Morgan fingerprint density at radius 1 is 1.25 bits per heavy atom. The van der Waals surface area contributed by atoms with E-state index in [2.05, 4.69) is 24.0 Å². The second-order valence-corrected chi connectivity index (χ2v) is 6.16. The van der Waals surface area contributed by atoms with Crippen LogP contribution in [0.1, 0.15) is 75.5 Å². The lowest BCUT2D eigenvalue weighted by atomic mass is 9.78. The van der Waals surface area contributed by atoms with Crippen LogP contribution in [0, 0.1) is 5.92 Å². The van der Waals surface area contributed by atoms with E-state index in [4.69, 9.17) is 0 Å². The number of nitrogens with zero attached hydrogens (tertiary/aromatic N) is 1. The molecule has 110 valence electrons. The lowest BCUT2D eigenvalue weighted by Crippen LogP contribution is -2.14. The molecule has 1 aliphatic rings. The molecule has 0 N–H and O–H groups in total. The molecule has 2 rings (SSSR count).